The van der Waals surface area contributed by atoms with Crippen LogP contribution in [0.25, 0.3) is 20.8 Å². The molecule has 0 radical (unpaired) electrons. The van der Waals surface area contributed by atoms with Crippen molar-refractivity contribution in [2.75, 3.05) is 31.2 Å². The van der Waals surface area contributed by atoms with Gasteiger partial charge in [0.2, 0.25) is 0 Å². The molecule has 1 aromatic carbocycles. The largest absolute Gasteiger partial charge is 0.378 e. The highest BCUT2D eigenvalue weighted by Crippen LogP contribution is 2.34. The minimum absolute atomic E-state index is 0.739. The number of ether oxygens (including phenoxy) is 1. The Bertz CT molecular complexity index is 753. The molecule has 1 aliphatic rings. The molecule has 2 aromatic heterocycles. The molecule has 4 rings (SSSR count). The third-order valence-corrected chi connectivity index (χ3v) is 4.64. The fourth-order valence-corrected chi connectivity index (χ4v) is 3.50. The van der Waals surface area contributed by atoms with Crippen molar-refractivity contribution in [3.05, 3.63) is 36.5 Å². The van der Waals surface area contributed by atoms with Gasteiger partial charge in [-0.2, -0.15) is 5.10 Å². The van der Waals surface area contributed by atoms with Crippen LogP contribution < -0.4 is 4.90 Å². The number of anilines is 1. The van der Waals surface area contributed by atoms with E-state index in [9.17, 15) is 0 Å². The number of aromatic nitrogens is 3. The smallest absolute Gasteiger partial charge is 0.171 e. The number of hydrogen-bond donors (Lipinski definition) is 0. The summed E-state index contributed by atoms with van der Waals surface area (Å²) in [5.74, 6) is 0.926. The molecule has 0 aliphatic carbocycles. The predicted octanol–water partition coefficient (Wildman–Crippen LogP) is 2.59. The summed E-state index contributed by atoms with van der Waals surface area (Å²) in [6.45, 7) is 3.18. The lowest BCUT2D eigenvalue weighted by Crippen LogP contribution is -2.36. The molecule has 106 valence electrons. The Morgan fingerprint density at radius 3 is 2.71 bits per heavy atom. The van der Waals surface area contributed by atoms with Crippen LogP contribution in [0.3, 0.4) is 0 Å². The molecule has 1 aliphatic heterocycles. The summed E-state index contributed by atoms with van der Waals surface area (Å²) in [5, 5.41) is 9.44. The highest BCUT2D eigenvalue weighted by molar-refractivity contribution is 7.22. The highest BCUT2D eigenvalue weighted by Gasteiger charge is 2.18. The van der Waals surface area contributed by atoms with Gasteiger partial charge in [0, 0.05) is 18.7 Å². The first-order chi connectivity index (χ1) is 10.4. The third-order valence-electron chi connectivity index (χ3n) is 3.52. The second kappa shape index (κ2) is 5.38. The van der Waals surface area contributed by atoms with Gasteiger partial charge < -0.3 is 9.64 Å². The quantitative estimate of drug-likeness (QED) is 0.728. The van der Waals surface area contributed by atoms with E-state index in [4.69, 9.17) is 9.72 Å². The number of nitrogens with zero attached hydrogens (tertiary/aromatic N) is 4. The van der Waals surface area contributed by atoms with Gasteiger partial charge in [-0.15, -0.1) is 16.4 Å². The normalized spacial score (nSPS) is 15.5. The summed E-state index contributed by atoms with van der Waals surface area (Å²) in [4.78, 5) is 6.92. The number of rotatable bonds is 2. The van der Waals surface area contributed by atoms with Gasteiger partial charge in [0.15, 0.2) is 5.82 Å². The van der Waals surface area contributed by atoms with E-state index >= 15 is 0 Å². The van der Waals surface area contributed by atoms with Crippen molar-refractivity contribution >= 4 is 27.4 Å². The van der Waals surface area contributed by atoms with Crippen LogP contribution in [0.4, 0.5) is 5.82 Å². The molecule has 0 amide bonds. The zero-order valence-electron chi connectivity index (χ0n) is 11.4. The van der Waals surface area contributed by atoms with Crippen molar-refractivity contribution in [1.82, 2.24) is 15.2 Å². The van der Waals surface area contributed by atoms with Crippen LogP contribution in [-0.2, 0) is 4.74 Å². The molecule has 5 nitrogen and oxygen atoms in total. The Morgan fingerprint density at radius 2 is 1.90 bits per heavy atom. The van der Waals surface area contributed by atoms with Crippen LogP contribution in [0.15, 0.2) is 36.5 Å². The maximum Gasteiger partial charge on any atom is 0.171 e. The fourth-order valence-electron chi connectivity index (χ4n) is 2.45. The molecule has 21 heavy (non-hydrogen) atoms. The van der Waals surface area contributed by atoms with E-state index < -0.39 is 0 Å². The minimum atomic E-state index is 0.739. The average molecular weight is 298 g/mol. The van der Waals surface area contributed by atoms with Crippen molar-refractivity contribution in [2.24, 2.45) is 0 Å². The molecule has 0 bridgehead atoms. The van der Waals surface area contributed by atoms with Crippen LogP contribution in [0, 0.1) is 0 Å². The molecular weight excluding hydrogens is 284 g/mol. The molecular formula is C15H14N4OS. The number of fused-ring (bicyclic) bond motifs is 1. The molecule has 1 saturated heterocycles. The number of thiazole rings is 1. The summed E-state index contributed by atoms with van der Waals surface area (Å²) >= 11 is 1.67. The van der Waals surface area contributed by atoms with Gasteiger partial charge in [0.05, 0.1) is 19.4 Å². The molecule has 0 N–H and O–H groups in total. The third kappa shape index (κ3) is 2.36. The SMILES string of the molecule is c1ccc(-c2nc3cnnc(N4CCOCC4)c3s2)cc1. The van der Waals surface area contributed by atoms with Gasteiger partial charge in [-0.25, -0.2) is 4.98 Å². The van der Waals surface area contributed by atoms with Gasteiger partial charge in [0.25, 0.3) is 0 Å². The van der Waals surface area contributed by atoms with Crippen molar-refractivity contribution in [1.29, 1.82) is 0 Å². The maximum absolute atomic E-state index is 5.41. The molecule has 0 saturated carbocycles. The highest BCUT2D eigenvalue weighted by atomic mass is 32.1. The summed E-state index contributed by atoms with van der Waals surface area (Å²) in [7, 11) is 0. The number of morpholine rings is 1. The first-order valence-electron chi connectivity index (χ1n) is 6.92. The maximum atomic E-state index is 5.41. The van der Waals surface area contributed by atoms with E-state index in [-0.39, 0.29) is 0 Å². The van der Waals surface area contributed by atoms with Crippen LogP contribution in [0.2, 0.25) is 0 Å². The Balaban J connectivity index is 1.80. The molecule has 0 unspecified atom stereocenters. The van der Waals surface area contributed by atoms with Crippen LogP contribution >= 0.6 is 11.3 Å². The van der Waals surface area contributed by atoms with Crippen molar-refractivity contribution in [3.8, 4) is 10.6 Å². The Labute approximate surface area is 126 Å². The second-order valence-corrected chi connectivity index (χ2v) is 5.87. The van der Waals surface area contributed by atoms with Crippen LogP contribution in [0.5, 0.6) is 0 Å². The Hall–Kier alpha value is -2.05. The summed E-state index contributed by atoms with van der Waals surface area (Å²) in [5.41, 5.74) is 2.04. The lowest BCUT2D eigenvalue weighted by atomic mass is 10.2. The van der Waals surface area contributed by atoms with Gasteiger partial charge in [-0.3, -0.25) is 0 Å². The first kappa shape index (κ1) is 12.7. The molecule has 0 spiro atoms. The van der Waals surface area contributed by atoms with E-state index in [1.54, 1.807) is 17.5 Å². The van der Waals surface area contributed by atoms with Crippen molar-refractivity contribution < 1.29 is 4.74 Å². The average Bonchev–Trinajstić information content (AvgIpc) is 3.00. The van der Waals surface area contributed by atoms with Gasteiger partial charge in [-0.1, -0.05) is 30.3 Å². The predicted molar refractivity (Wildman–Crippen MR) is 83.7 cm³/mol. The zero-order chi connectivity index (χ0) is 14.1. The van der Waals surface area contributed by atoms with Crippen molar-refractivity contribution in [3.63, 3.8) is 0 Å². The van der Waals surface area contributed by atoms with E-state index in [0.717, 1.165) is 52.9 Å². The standard InChI is InChI=1S/C15H14N4OS/c1-2-4-11(5-3-1)15-17-12-10-16-18-14(13(12)21-15)19-6-8-20-9-7-19/h1-5,10H,6-9H2. The molecule has 1 fully saturated rings. The minimum Gasteiger partial charge on any atom is -0.378 e. The van der Waals surface area contributed by atoms with Gasteiger partial charge >= 0.3 is 0 Å². The number of benzene rings is 1. The topological polar surface area (TPSA) is 51.1 Å². The second-order valence-electron chi connectivity index (χ2n) is 4.87. The van der Waals surface area contributed by atoms with E-state index in [1.165, 1.54) is 0 Å². The summed E-state index contributed by atoms with van der Waals surface area (Å²) < 4.78 is 6.51. The molecule has 6 heteroatoms. The zero-order valence-corrected chi connectivity index (χ0v) is 12.2. The first-order valence-corrected chi connectivity index (χ1v) is 7.74. The molecule has 3 heterocycles. The van der Waals surface area contributed by atoms with E-state index in [0.29, 0.717) is 0 Å². The van der Waals surface area contributed by atoms with Crippen molar-refractivity contribution in [2.45, 2.75) is 0 Å². The molecule has 3 aromatic rings. The van der Waals surface area contributed by atoms with Crippen LogP contribution in [-0.4, -0.2) is 41.5 Å². The Morgan fingerprint density at radius 1 is 1.10 bits per heavy atom. The van der Waals surface area contributed by atoms with Gasteiger partial charge in [0.1, 0.15) is 15.2 Å². The summed E-state index contributed by atoms with van der Waals surface area (Å²) in [6, 6.07) is 10.2. The lowest BCUT2D eigenvalue weighted by molar-refractivity contribution is 0.122. The monoisotopic (exact) mass is 298 g/mol. The van der Waals surface area contributed by atoms with Crippen LogP contribution in [0.1, 0.15) is 0 Å². The lowest BCUT2D eigenvalue weighted by Gasteiger charge is -2.27. The Kier molecular flexibility index (Phi) is 3.25. The fraction of sp³-hybridized carbons (Fsp3) is 0.267. The van der Waals surface area contributed by atoms with E-state index in [1.807, 2.05) is 18.2 Å². The summed E-state index contributed by atoms with van der Waals surface area (Å²) in [6.07, 6.45) is 1.74. The van der Waals surface area contributed by atoms with E-state index in [2.05, 4.69) is 27.2 Å². The molecule has 0 atom stereocenters. The number of hydrogen-bond acceptors (Lipinski definition) is 6. The van der Waals surface area contributed by atoms with Gasteiger partial charge in [-0.05, 0) is 0 Å².